The van der Waals surface area contributed by atoms with E-state index < -0.39 is 0 Å². The minimum Gasteiger partial charge on any atom is -0.335 e. The van der Waals surface area contributed by atoms with E-state index in [0.717, 1.165) is 28.2 Å². The molecule has 1 N–H and O–H groups in total. The molecule has 2 amide bonds. The second-order valence-corrected chi connectivity index (χ2v) is 6.92. The van der Waals surface area contributed by atoms with Gasteiger partial charge in [-0.05, 0) is 37.0 Å². The normalized spacial score (nSPS) is 24.3. The summed E-state index contributed by atoms with van der Waals surface area (Å²) in [6.45, 7) is 0.878. The van der Waals surface area contributed by atoms with E-state index in [1.807, 2.05) is 6.07 Å². The smallest absolute Gasteiger partial charge is 0.261 e. The largest absolute Gasteiger partial charge is 0.335 e. The Bertz CT molecular complexity index is 681. The Labute approximate surface area is 126 Å². The molecule has 0 radical (unpaired) electrons. The Morgan fingerprint density at radius 1 is 1.24 bits per heavy atom. The molecule has 2 aliphatic heterocycles. The van der Waals surface area contributed by atoms with Crippen LogP contribution in [0.15, 0.2) is 23.2 Å². The quantitative estimate of drug-likeness (QED) is 0.851. The highest BCUT2D eigenvalue weighted by atomic mass is 32.2. The van der Waals surface area contributed by atoms with Gasteiger partial charge in [-0.1, -0.05) is 11.8 Å². The predicted octanol–water partition coefficient (Wildman–Crippen LogP) is 2.21. The van der Waals surface area contributed by atoms with Crippen molar-refractivity contribution in [2.24, 2.45) is 10.9 Å². The van der Waals surface area contributed by atoms with Gasteiger partial charge < -0.3 is 5.32 Å². The fraction of sp³-hybridized carbons (Fsp3) is 0.400. The Hall–Kier alpha value is -1.82. The first-order valence-corrected chi connectivity index (χ1v) is 7.96. The van der Waals surface area contributed by atoms with Gasteiger partial charge in [0, 0.05) is 18.0 Å². The van der Waals surface area contributed by atoms with Gasteiger partial charge in [0.15, 0.2) is 5.17 Å². The molecule has 6 heteroatoms. The van der Waals surface area contributed by atoms with Gasteiger partial charge in [-0.15, -0.1) is 0 Å². The molecule has 2 heterocycles. The molecule has 1 saturated carbocycles. The van der Waals surface area contributed by atoms with Crippen molar-refractivity contribution < 1.29 is 9.59 Å². The second kappa shape index (κ2) is 4.59. The van der Waals surface area contributed by atoms with Gasteiger partial charge in [0.05, 0.1) is 17.7 Å². The number of carbonyl (C=O) groups is 2. The topological polar surface area (TPSA) is 61.8 Å². The highest BCUT2D eigenvalue weighted by Crippen LogP contribution is 2.42. The number of thioether (sulfide) groups is 1. The van der Waals surface area contributed by atoms with Crippen molar-refractivity contribution in [2.45, 2.75) is 18.1 Å². The van der Waals surface area contributed by atoms with E-state index in [4.69, 9.17) is 0 Å². The fourth-order valence-corrected chi connectivity index (χ4v) is 3.96. The van der Waals surface area contributed by atoms with Crippen LogP contribution in [0.25, 0.3) is 0 Å². The maximum Gasteiger partial charge on any atom is 0.261 e. The molecule has 1 atom stereocenters. The maximum atomic E-state index is 12.0. The van der Waals surface area contributed by atoms with Crippen LogP contribution in [0.5, 0.6) is 0 Å². The van der Waals surface area contributed by atoms with Gasteiger partial charge in [0.2, 0.25) is 0 Å². The van der Waals surface area contributed by atoms with E-state index >= 15 is 0 Å². The molecule has 0 bridgehead atoms. The Morgan fingerprint density at radius 3 is 2.76 bits per heavy atom. The molecule has 1 unspecified atom stereocenters. The molecule has 108 valence electrons. The number of benzene rings is 1. The number of amides is 2. The van der Waals surface area contributed by atoms with Crippen molar-refractivity contribution in [3.8, 4) is 0 Å². The lowest BCUT2D eigenvalue weighted by molar-refractivity contribution is 0.0693. The van der Waals surface area contributed by atoms with E-state index in [0.29, 0.717) is 16.4 Å². The van der Waals surface area contributed by atoms with E-state index in [-0.39, 0.29) is 11.8 Å². The van der Waals surface area contributed by atoms with Crippen molar-refractivity contribution >= 4 is 34.4 Å². The molecule has 3 aliphatic rings. The van der Waals surface area contributed by atoms with Gasteiger partial charge in [-0.3, -0.25) is 19.5 Å². The van der Waals surface area contributed by atoms with Crippen LogP contribution < -0.4 is 5.32 Å². The highest BCUT2D eigenvalue weighted by Gasteiger charge is 2.36. The van der Waals surface area contributed by atoms with Gasteiger partial charge in [-0.2, -0.15) is 0 Å². The molecule has 1 aromatic carbocycles. The Balaban J connectivity index is 1.52. The Morgan fingerprint density at radius 2 is 2.00 bits per heavy atom. The molecule has 1 fully saturated rings. The van der Waals surface area contributed by atoms with Crippen molar-refractivity contribution in [3.63, 3.8) is 0 Å². The lowest BCUT2D eigenvalue weighted by Crippen LogP contribution is -2.24. The monoisotopic (exact) mass is 301 g/mol. The van der Waals surface area contributed by atoms with Crippen LogP contribution in [0.3, 0.4) is 0 Å². The number of carbonyl (C=O) groups excluding carboxylic acids is 2. The summed E-state index contributed by atoms with van der Waals surface area (Å²) in [5.74, 6) is 0.351. The molecule has 1 aliphatic carbocycles. The lowest BCUT2D eigenvalue weighted by atomic mass is 10.1. The van der Waals surface area contributed by atoms with Crippen LogP contribution in [0.4, 0.5) is 5.69 Å². The molecule has 0 saturated heterocycles. The number of rotatable bonds is 2. The maximum absolute atomic E-state index is 12.0. The third-order valence-corrected chi connectivity index (χ3v) is 5.46. The van der Waals surface area contributed by atoms with Crippen LogP contribution in [0.2, 0.25) is 0 Å². The minimum absolute atomic E-state index is 0.233. The summed E-state index contributed by atoms with van der Waals surface area (Å²) in [7, 11) is 1.51. The third kappa shape index (κ3) is 2.14. The average molecular weight is 301 g/mol. The second-order valence-electron chi connectivity index (χ2n) is 5.69. The molecule has 5 nitrogen and oxygen atoms in total. The van der Waals surface area contributed by atoms with E-state index in [9.17, 15) is 9.59 Å². The van der Waals surface area contributed by atoms with Gasteiger partial charge >= 0.3 is 0 Å². The number of hydrogen-bond acceptors (Lipinski definition) is 5. The zero-order valence-corrected chi connectivity index (χ0v) is 12.4. The number of fused-ring (bicyclic) bond motifs is 1. The van der Waals surface area contributed by atoms with Crippen LogP contribution >= 0.6 is 11.8 Å². The zero-order chi connectivity index (χ0) is 14.6. The van der Waals surface area contributed by atoms with Crippen molar-refractivity contribution in [1.29, 1.82) is 0 Å². The van der Waals surface area contributed by atoms with E-state index in [1.165, 1.54) is 19.9 Å². The summed E-state index contributed by atoms with van der Waals surface area (Å²) in [5.41, 5.74) is 1.76. The van der Waals surface area contributed by atoms with Crippen LogP contribution in [-0.2, 0) is 0 Å². The Kier molecular flexibility index (Phi) is 2.82. The van der Waals surface area contributed by atoms with Gasteiger partial charge in [0.25, 0.3) is 11.8 Å². The number of nitrogens with one attached hydrogen (secondary N) is 1. The van der Waals surface area contributed by atoms with E-state index in [2.05, 4.69) is 10.3 Å². The average Bonchev–Trinajstić information content (AvgIpc) is 3.21. The minimum atomic E-state index is -0.240. The summed E-state index contributed by atoms with van der Waals surface area (Å²) in [6.07, 6.45) is 2.64. The lowest BCUT2D eigenvalue weighted by Gasteiger charge is -2.08. The van der Waals surface area contributed by atoms with Crippen LogP contribution in [0, 0.1) is 5.92 Å². The number of hydrogen-bond donors (Lipinski definition) is 1. The summed E-state index contributed by atoms with van der Waals surface area (Å²) in [4.78, 5) is 29.5. The predicted molar refractivity (Wildman–Crippen MR) is 82.9 cm³/mol. The van der Waals surface area contributed by atoms with Gasteiger partial charge in [-0.25, -0.2) is 0 Å². The molecule has 0 aromatic heterocycles. The first-order chi connectivity index (χ1) is 10.1. The molecular formula is C15H15N3O2S. The molecule has 4 rings (SSSR count). The first-order valence-electron chi connectivity index (χ1n) is 7.08. The van der Waals surface area contributed by atoms with Crippen LogP contribution in [0.1, 0.15) is 33.6 Å². The first kappa shape index (κ1) is 12.9. The number of aliphatic imine (C=N–C) groups is 1. The van der Waals surface area contributed by atoms with Crippen molar-refractivity contribution in [3.05, 3.63) is 29.3 Å². The van der Waals surface area contributed by atoms with Gasteiger partial charge in [0.1, 0.15) is 0 Å². The highest BCUT2D eigenvalue weighted by molar-refractivity contribution is 8.15. The van der Waals surface area contributed by atoms with Crippen molar-refractivity contribution in [1.82, 2.24) is 4.90 Å². The summed E-state index contributed by atoms with van der Waals surface area (Å²) >= 11 is 1.79. The number of imide groups is 1. The van der Waals surface area contributed by atoms with E-state index in [1.54, 1.807) is 23.9 Å². The van der Waals surface area contributed by atoms with Crippen molar-refractivity contribution in [2.75, 3.05) is 18.9 Å². The molecule has 0 spiro atoms. The summed E-state index contributed by atoms with van der Waals surface area (Å²) in [5, 5.41) is 4.79. The fourth-order valence-electron chi connectivity index (χ4n) is 2.74. The standard InChI is InChI=1S/C15H15N3O2S/c1-18-13(19)10-5-4-9(6-11(10)14(18)20)17-15-16-7-12(21-15)8-2-3-8/h4-6,8,12H,2-3,7H2,1H3,(H,16,17). The summed E-state index contributed by atoms with van der Waals surface area (Å²) < 4.78 is 0. The SMILES string of the molecule is CN1C(=O)c2ccc(NC3=NCC(C4CC4)S3)cc2C1=O. The molecular weight excluding hydrogens is 286 g/mol. The third-order valence-electron chi connectivity index (χ3n) is 4.17. The molecule has 21 heavy (non-hydrogen) atoms. The molecule has 1 aromatic rings. The number of amidine groups is 1. The van der Waals surface area contributed by atoms with Crippen LogP contribution in [-0.4, -0.2) is 40.7 Å². The number of anilines is 1. The number of nitrogens with zero attached hydrogens (tertiary/aromatic N) is 2. The summed E-state index contributed by atoms with van der Waals surface area (Å²) in [6, 6.07) is 5.28. The zero-order valence-electron chi connectivity index (χ0n) is 11.6.